The second kappa shape index (κ2) is 9.49. The molecular formula is C22H22F2N2O4. The van der Waals surface area contributed by atoms with Gasteiger partial charge in [0.05, 0.1) is 12.7 Å². The first-order chi connectivity index (χ1) is 14.5. The van der Waals surface area contributed by atoms with Gasteiger partial charge in [-0.3, -0.25) is 14.5 Å². The van der Waals surface area contributed by atoms with Crippen molar-refractivity contribution in [3.8, 4) is 5.75 Å². The molecule has 0 bridgehead atoms. The number of nitrogens with zero attached hydrogens (tertiary/aromatic N) is 1. The van der Waals surface area contributed by atoms with E-state index in [9.17, 15) is 18.4 Å². The molecule has 30 heavy (non-hydrogen) atoms. The van der Waals surface area contributed by atoms with Gasteiger partial charge in [-0.1, -0.05) is 12.1 Å². The number of nitrogens with one attached hydrogen (secondary N) is 1. The summed E-state index contributed by atoms with van der Waals surface area (Å²) in [5, 5.41) is 2.80. The average Bonchev–Trinajstić information content (AvgIpc) is 2.98. The maximum absolute atomic E-state index is 13.6. The topological polar surface area (TPSA) is 67.9 Å². The molecule has 3 rings (SSSR count). The maximum atomic E-state index is 13.6. The lowest BCUT2D eigenvalue weighted by molar-refractivity contribution is -0.137. The number of benzene rings is 2. The van der Waals surface area contributed by atoms with Gasteiger partial charge in [-0.25, -0.2) is 8.78 Å². The van der Waals surface area contributed by atoms with Crippen LogP contribution in [0.15, 0.2) is 48.2 Å². The molecule has 0 aromatic heterocycles. The van der Waals surface area contributed by atoms with Gasteiger partial charge >= 0.3 is 0 Å². The normalized spacial score (nSPS) is 13.9. The van der Waals surface area contributed by atoms with Gasteiger partial charge < -0.3 is 14.8 Å². The Morgan fingerprint density at radius 1 is 1.00 bits per heavy atom. The molecule has 0 saturated heterocycles. The highest BCUT2D eigenvalue weighted by atomic mass is 19.2. The van der Waals surface area contributed by atoms with Crippen LogP contribution in [0.25, 0.3) is 5.57 Å². The first kappa shape index (κ1) is 21.4. The smallest absolute Gasteiger partial charge is 0.278 e. The minimum absolute atomic E-state index is 0.00702. The van der Waals surface area contributed by atoms with Crippen molar-refractivity contribution in [3.05, 3.63) is 65.4 Å². The monoisotopic (exact) mass is 416 g/mol. The Kier molecular flexibility index (Phi) is 6.79. The van der Waals surface area contributed by atoms with E-state index in [1.807, 2.05) is 6.92 Å². The highest BCUT2D eigenvalue weighted by molar-refractivity contribution is 6.36. The van der Waals surface area contributed by atoms with Crippen LogP contribution in [0.2, 0.25) is 0 Å². The molecule has 8 heteroatoms. The van der Waals surface area contributed by atoms with Gasteiger partial charge in [-0.15, -0.1) is 0 Å². The fraction of sp³-hybridized carbons (Fsp3) is 0.273. The van der Waals surface area contributed by atoms with Gasteiger partial charge in [-0.2, -0.15) is 0 Å². The molecule has 1 aliphatic heterocycles. The van der Waals surface area contributed by atoms with Crippen molar-refractivity contribution in [2.45, 2.75) is 13.3 Å². The minimum Gasteiger partial charge on any atom is -0.497 e. The molecule has 0 radical (unpaired) electrons. The molecule has 0 saturated carbocycles. The summed E-state index contributed by atoms with van der Waals surface area (Å²) in [7, 11) is 1.52. The number of ether oxygens (including phenoxy) is 2. The molecule has 158 valence electrons. The number of amides is 2. The lowest BCUT2D eigenvalue weighted by atomic mass is 10.0. The third-order valence-corrected chi connectivity index (χ3v) is 4.61. The molecule has 2 amide bonds. The third-order valence-electron chi connectivity index (χ3n) is 4.61. The summed E-state index contributed by atoms with van der Waals surface area (Å²) in [6.45, 7) is 3.00. The summed E-state index contributed by atoms with van der Waals surface area (Å²) in [4.78, 5) is 27.2. The highest BCUT2D eigenvalue weighted by Gasteiger charge is 2.38. The van der Waals surface area contributed by atoms with Crippen LogP contribution in [0.1, 0.15) is 18.9 Å². The Balaban J connectivity index is 1.95. The summed E-state index contributed by atoms with van der Waals surface area (Å²) < 4.78 is 37.3. The SMILES string of the molecule is CCOCCCN1C(=O)C(Nc2ccc(F)c(F)c2)=C(c2ccc(OC)cc2)C1=O. The zero-order chi connectivity index (χ0) is 21.7. The van der Waals surface area contributed by atoms with Crippen molar-refractivity contribution < 1.29 is 27.8 Å². The number of rotatable bonds is 9. The van der Waals surface area contributed by atoms with Crippen molar-refractivity contribution in [1.29, 1.82) is 0 Å². The Morgan fingerprint density at radius 3 is 2.37 bits per heavy atom. The van der Waals surface area contributed by atoms with E-state index >= 15 is 0 Å². The van der Waals surface area contributed by atoms with Crippen LogP contribution >= 0.6 is 0 Å². The van der Waals surface area contributed by atoms with Crippen LogP contribution < -0.4 is 10.1 Å². The van der Waals surface area contributed by atoms with Crippen molar-refractivity contribution in [2.24, 2.45) is 0 Å². The Morgan fingerprint density at radius 2 is 1.73 bits per heavy atom. The van der Waals surface area contributed by atoms with Gasteiger partial charge in [-0.05, 0) is 43.2 Å². The molecule has 1 aliphatic rings. The van der Waals surface area contributed by atoms with E-state index < -0.39 is 23.4 Å². The van der Waals surface area contributed by atoms with E-state index in [4.69, 9.17) is 9.47 Å². The zero-order valence-electron chi connectivity index (χ0n) is 16.7. The van der Waals surface area contributed by atoms with Crippen molar-refractivity contribution >= 4 is 23.1 Å². The molecule has 2 aromatic rings. The summed E-state index contributed by atoms with van der Waals surface area (Å²) in [6, 6.07) is 9.86. The number of carbonyl (C=O) groups is 2. The standard InChI is InChI=1S/C22H22F2N2O4/c1-3-30-12-4-11-26-21(27)19(14-5-8-16(29-2)9-6-14)20(22(26)28)25-15-7-10-17(23)18(24)13-15/h5-10,13,25H,3-4,11-12H2,1-2H3. The molecule has 0 unspecified atom stereocenters. The van der Waals surface area contributed by atoms with Gasteiger partial charge in [0.1, 0.15) is 11.4 Å². The minimum atomic E-state index is -1.06. The van der Waals surface area contributed by atoms with Crippen LogP contribution in [-0.4, -0.2) is 43.6 Å². The molecule has 1 heterocycles. The van der Waals surface area contributed by atoms with Crippen molar-refractivity contribution in [3.63, 3.8) is 0 Å². The second-order valence-electron chi connectivity index (χ2n) is 6.54. The fourth-order valence-corrected chi connectivity index (χ4v) is 3.11. The number of halogens is 2. The Labute approximate surface area is 173 Å². The van der Waals surface area contributed by atoms with Gasteiger partial charge in [0.15, 0.2) is 11.6 Å². The highest BCUT2D eigenvalue weighted by Crippen LogP contribution is 2.31. The van der Waals surface area contributed by atoms with Gasteiger partial charge in [0.2, 0.25) is 0 Å². The number of methoxy groups -OCH3 is 1. The van der Waals surface area contributed by atoms with Crippen LogP contribution in [0.4, 0.5) is 14.5 Å². The van der Waals surface area contributed by atoms with Crippen molar-refractivity contribution in [2.75, 3.05) is 32.2 Å². The van der Waals surface area contributed by atoms with Crippen molar-refractivity contribution in [1.82, 2.24) is 4.90 Å². The fourth-order valence-electron chi connectivity index (χ4n) is 3.11. The summed E-state index contributed by atoms with van der Waals surface area (Å²) in [5.74, 6) is -2.47. The Bertz CT molecular complexity index is 974. The molecule has 0 aliphatic carbocycles. The van der Waals surface area contributed by atoms with Gasteiger partial charge in [0, 0.05) is 31.5 Å². The predicted octanol–water partition coefficient (Wildman–Crippen LogP) is 3.59. The number of anilines is 1. The number of carbonyl (C=O) groups excluding carboxylic acids is 2. The summed E-state index contributed by atoms with van der Waals surface area (Å²) >= 11 is 0. The quantitative estimate of drug-likeness (QED) is 0.500. The number of hydrogen-bond donors (Lipinski definition) is 1. The first-order valence-electron chi connectivity index (χ1n) is 9.51. The maximum Gasteiger partial charge on any atom is 0.278 e. The third kappa shape index (κ3) is 4.49. The van der Waals surface area contributed by atoms with Crippen LogP contribution in [0, 0.1) is 11.6 Å². The van der Waals surface area contributed by atoms with E-state index in [1.165, 1.54) is 13.2 Å². The summed E-state index contributed by atoms with van der Waals surface area (Å²) in [6.07, 6.45) is 0.486. The van der Waals surface area contributed by atoms with Crippen LogP contribution in [0.5, 0.6) is 5.75 Å². The largest absolute Gasteiger partial charge is 0.497 e. The number of hydrogen-bond acceptors (Lipinski definition) is 5. The van der Waals surface area contributed by atoms with E-state index in [0.29, 0.717) is 30.9 Å². The molecule has 0 spiro atoms. The second-order valence-corrected chi connectivity index (χ2v) is 6.54. The van der Waals surface area contributed by atoms with E-state index in [1.54, 1.807) is 24.3 Å². The zero-order valence-corrected chi connectivity index (χ0v) is 16.7. The van der Waals surface area contributed by atoms with E-state index in [0.717, 1.165) is 17.0 Å². The molecular weight excluding hydrogens is 394 g/mol. The average molecular weight is 416 g/mol. The summed E-state index contributed by atoms with van der Waals surface area (Å²) in [5.41, 5.74) is 0.829. The molecule has 1 N–H and O–H groups in total. The predicted molar refractivity (Wildman–Crippen MR) is 108 cm³/mol. The lowest BCUT2D eigenvalue weighted by Crippen LogP contribution is -2.34. The van der Waals surface area contributed by atoms with Crippen LogP contribution in [-0.2, 0) is 14.3 Å². The lowest BCUT2D eigenvalue weighted by Gasteiger charge is -2.15. The van der Waals surface area contributed by atoms with E-state index in [-0.39, 0.29) is 23.5 Å². The molecule has 0 fully saturated rings. The molecule has 2 aromatic carbocycles. The van der Waals surface area contributed by atoms with Crippen LogP contribution in [0.3, 0.4) is 0 Å². The Hall–Kier alpha value is -3.26. The van der Waals surface area contributed by atoms with Gasteiger partial charge in [0.25, 0.3) is 11.8 Å². The first-order valence-corrected chi connectivity index (χ1v) is 9.51. The molecule has 6 nitrogen and oxygen atoms in total. The van der Waals surface area contributed by atoms with E-state index in [2.05, 4.69) is 5.32 Å². The number of imide groups is 1. The molecule has 0 atom stereocenters.